The van der Waals surface area contributed by atoms with E-state index in [1.165, 1.54) is 0 Å². The Labute approximate surface area is 142 Å². The maximum absolute atomic E-state index is 12.0. The number of hydrogen-bond donors (Lipinski definition) is 0. The Morgan fingerprint density at radius 2 is 1.52 bits per heavy atom. The van der Waals surface area contributed by atoms with Crippen molar-refractivity contribution in [1.82, 2.24) is 0 Å². The summed E-state index contributed by atoms with van der Waals surface area (Å²) < 4.78 is 5.07. The molecule has 0 aliphatic heterocycles. The first-order valence-electron chi connectivity index (χ1n) is 7.29. The van der Waals surface area contributed by atoms with Crippen molar-refractivity contribution in [1.29, 1.82) is 0 Å². The minimum absolute atomic E-state index is 0.0447. The van der Waals surface area contributed by atoms with Crippen molar-refractivity contribution >= 4 is 17.3 Å². The Kier molecular flexibility index (Phi) is 5.94. The molecule has 8 heteroatoms. The zero-order valence-corrected chi connectivity index (χ0v) is 13.0. The fourth-order valence-electron chi connectivity index (χ4n) is 2.04. The number of hydrogen-bond acceptors (Lipinski definition) is 6. The molecule has 0 saturated heterocycles. The van der Waals surface area contributed by atoms with Crippen LogP contribution in [0.1, 0.15) is 16.8 Å². The number of rotatable bonds is 6. The average Bonchev–Trinajstić information content (AvgIpc) is 2.55. The number of esters is 1. The lowest BCUT2D eigenvalue weighted by atomic mass is 10.1. The molecule has 1 aliphatic carbocycles. The predicted octanol–water partition coefficient (Wildman–Crippen LogP) is 3.66. The highest BCUT2D eigenvalue weighted by atomic mass is 16.6. The Balaban J connectivity index is 2.05. The molecule has 0 spiro atoms. The van der Waals surface area contributed by atoms with E-state index in [-0.39, 0.29) is 12.2 Å². The van der Waals surface area contributed by atoms with Crippen LogP contribution >= 0.6 is 0 Å². The number of nitrogens with zero attached hydrogens (tertiary/aromatic N) is 2. The van der Waals surface area contributed by atoms with Crippen LogP contribution in [0.2, 0.25) is 0 Å². The smallest absolute Gasteiger partial charge is 0.338 e. The molecule has 128 valence electrons. The maximum atomic E-state index is 12.0. The molecule has 0 unspecified atom stereocenters. The summed E-state index contributed by atoms with van der Waals surface area (Å²) >= 11 is 0. The molecular formula is C17H14N2O6. The topological polar surface area (TPSA) is 113 Å². The van der Waals surface area contributed by atoms with Gasteiger partial charge in [-0.15, -0.1) is 0 Å². The van der Waals surface area contributed by atoms with E-state index in [2.05, 4.69) is 0 Å². The van der Waals surface area contributed by atoms with Crippen molar-refractivity contribution in [3.8, 4) is 0 Å². The Morgan fingerprint density at radius 3 is 2.16 bits per heavy atom. The van der Waals surface area contributed by atoms with Gasteiger partial charge in [0.1, 0.15) is 0 Å². The van der Waals surface area contributed by atoms with Crippen LogP contribution in [0.5, 0.6) is 0 Å². The van der Waals surface area contributed by atoms with Crippen LogP contribution in [-0.2, 0) is 4.74 Å². The highest BCUT2D eigenvalue weighted by molar-refractivity contribution is 5.91. The van der Waals surface area contributed by atoms with Crippen molar-refractivity contribution in [2.24, 2.45) is 0 Å². The summed E-state index contributed by atoms with van der Waals surface area (Å²) in [7, 11) is 0. The van der Waals surface area contributed by atoms with Gasteiger partial charge in [-0.2, -0.15) is 0 Å². The Morgan fingerprint density at radius 1 is 0.920 bits per heavy atom. The standard InChI is InChI=1S/C17H14N2O6/c20-17(25-9-8-13-6-4-2-1-3-5-7-13)14-10-15(18(21)22)12-16(11-14)19(23)24/h1-7,10-12H,8-9H2/b2-1-,3-1?,4-2?,5-3-,6-4-,7-5?,13-6?,13-7+. The van der Waals surface area contributed by atoms with Gasteiger partial charge in [0, 0.05) is 18.6 Å². The SMILES string of the molecule is O=C(OCCC1=C/C=C\C=C/C=C\1)c1cc([N+](=O)[O-])cc([N+](=O)[O-])c1. The third kappa shape index (κ3) is 5.24. The van der Waals surface area contributed by atoms with Crippen LogP contribution in [0.25, 0.3) is 0 Å². The Hall–Kier alpha value is -3.55. The lowest BCUT2D eigenvalue weighted by Gasteiger charge is -2.06. The van der Waals surface area contributed by atoms with Gasteiger partial charge >= 0.3 is 5.97 Å². The van der Waals surface area contributed by atoms with Crippen LogP contribution in [-0.4, -0.2) is 22.4 Å². The van der Waals surface area contributed by atoms with Crippen LogP contribution in [0.3, 0.4) is 0 Å². The second-order valence-corrected chi connectivity index (χ2v) is 5.01. The minimum atomic E-state index is -0.849. The molecule has 25 heavy (non-hydrogen) atoms. The van der Waals surface area contributed by atoms with Crippen molar-refractivity contribution in [3.63, 3.8) is 0 Å². The summed E-state index contributed by atoms with van der Waals surface area (Å²) in [6.45, 7) is 0.0447. The molecule has 0 bridgehead atoms. The minimum Gasteiger partial charge on any atom is -0.462 e. The first-order valence-corrected chi connectivity index (χ1v) is 7.29. The molecule has 0 N–H and O–H groups in total. The van der Waals surface area contributed by atoms with Gasteiger partial charge in [-0.05, 0) is 5.57 Å². The molecular weight excluding hydrogens is 328 g/mol. The predicted molar refractivity (Wildman–Crippen MR) is 90.2 cm³/mol. The van der Waals surface area contributed by atoms with Gasteiger partial charge in [-0.3, -0.25) is 20.2 Å². The highest BCUT2D eigenvalue weighted by Gasteiger charge is 2.20. The van der Waals surface area contributed by atoms with E-state index in [4.69, 9.17) is 4.74 Å². The van der Waals surface area contributed by atoms with E-state index in [9.17, 15) is 25.0 Å². The fourth-order valence-corrected chi connectivity index (χ4v) is 2.04. The number of ether oxygens (including phenoxy) is 1. The zero-order chi connectivity index (χ0) is 18.2. The van der Waals surface area contributed by atoms with Crippen LogP contribution < -0.4 is 0 Å². The molecule has 0 radical (unpaired) electrons. The molecule has 0 heterocycles. The van der Waals surface area contributed by atoms with Gasteiger partial charge in [0.05, 0.1) is 28.1 Å². The summed E-state index contributed by atoms with van der Waals surface area (Å²) in [6.07, 6.45) is 13.5. The van der Waals surface area contributed by atoms with Gasteiger partial charge in [-0.25, -0.2) is 4.79 Å². The maximum Gasteiger partial charge on any atom is 0.338 e. The van der Waals surface area contributed by atoms with Crippen molar-refractivity contribution in [2.45, 2.75) is 6.42 Å². The van der Waals surface area contributed by atoms with E-state index in [1.807, 2.05) is 42.5 Å². The number of carbonyl (C=O) groups excluding carboxylic acids is 1. The molecule has 0 amide bonds. The van der Waals surface area contributed by atoms with E-state index < -0.39 is 27.2 Å². The summed E-state index contributed by atoms with van der Waals surface area (Å²) in [4.78, 5) is 32.1. The lowest BCUT2D eigenvalue weighted by molar-refractivity contribution is -0.394. The van der Waals surface area contributed by atoms with Crippen molar-refractivity contribution in [2.75, 3.05) is 6.61 Å². The van der Waals surface area contributed by atoms with E-state index >= 15 is 0 Å². The molecule has 1 aliphatic rings. The normalized spacial score (nSPS) is 18.8. The Bertz CT molecular complexity index is 788. The van der Waals surface area contributed by atoms with Gasteiger partial charge in [-0.1, -0.05) is 42.5 Å². The first-order chi connectivity index (χ1) is 12.0. The number of allylic oxidation sites excluding steroid dienone is 7. The molecule has 0 fully saturated rings. The van der Waals surface area contributed by atoms with Crippen LogP contribution in [0, 0.1) is 20.2 Å². The molecule has 1 aromatic carbocycles. The highest BCUT2D eigenvalue weighted by Crippen LogP contribution is 2.23. The summed E-state index contributed by atoms with van der Waals surface area (Å²) in [5.41, 5.74) is -0.378. The third-order valence-corrected chi connectivity index (χ3v) is 3.25. The second-order valence-electron chi connectivity index (χ2n) is 5.01. The van der Waals surface area contributed by atoms with Gasteiger partial charge in [0.25, 0.3) is 11.4 Å². The van der Waals surface area contributed by atoms with E-state index in [0.29, 0.717) is 6.42 Å². The number of benzene rings is 1. The molecule has 2 rings (SSSR count). The zero-order valence-electron chi connectivity index (χ0n) is 13.0. The molecule has 0 aromatic heterocycles. The van der Waals surface area contributed by atoms with Gasteiger partial charge in [0.2, 0.25) is 0 Å². The van der Waals surface area contributed by atoms with Gasteiger partial charge < -0.3 is 4.74 Å². The first kappa shape index (κ1) is 17.8. The van der Waals surface area contributed by atoms with E-state index in [0.717, 1.165) is 23.8 Å². The van der Waals surface area contributed by atoms with E-state index in [1.54, 1.807) is 0 Å². The summed E-state index contributed by atoms with van der Waals surface area (Å²) in [5, 5.41) is 21.7. The average molecular weight is 342 g/mol. The monoisotopic (exact) mass is 342 g/mol. The fraction of sp³-hybridized carbons (Fsp3) is 0.118. The molecule has 0 atom stereocenters. The quantitative estimate of drug-likeness (QED) is 0.443. The second kappa shape index (κ2) is 8.34. The number of non-ortho nitro benzene ring substituents is 2. The number of nitro groups is 2. The number of nitro benzene ring substituents is 2. The lowest BCUT2D eigenvalue weighted by Crippen LogP contribution is -2.08. The molecule has 0 saturated carbocycles. The van der Waals surface area contributed by atoms with Crippen LogP contribution in [0.4, 0.5) is 11.4 Å². The van der Waals surface area contributed by atoms with Crippen LogP contribution in [0.15, 0.2) is 66.3 Å². The summed E-state index contributed by atoms with van der Waals surface area (Å²) in [6, 6.07) is 2.70. The largest absolute Gasteiger partial charge is 0.462 e. The number of carbonyl (C=O) groups is 1. The third-order valence-electron chi connectivity index (χ3n) is 3.25. The molecule has 8 nitrogen and oxygen atoms in total. The molecule has 1 aromatic rings. The summed E-state index contributed by atoms with van der Waals surface area (Å²) in [5.74, 6) is -0.849. The van der Waals surface area contributed by atoms with Crippen molar-refractivity contribution < 1.29 is 19.4 Å². The van der Waals surface area contributed by atoms with Crippen molar-refractivity contribution in [3.05, 3.63) is 92.1 Å². The van der Waals surface area contributed by atoms with Gasteiger partial charge in [0.15, 0.2) is 0 Å².